The third-order valence-corrected chi connectivity index (χ3v) is 4.47. The number of ether oxygens (including phenoxy) is 4. The van der Waals surface area contributed by atoms with Crippen LogP contribution in [0.5, 0.6) is 5.75 Å². The number of esters is 1. The Balaban J connectivity index is 2.35. The number of carbonyl (C=O) groups excluding carboxylic acids is 3. The van der Waals surface area contributed by atoms with Gasteiger partial charge >= 0.3 is 18.2 Å². The molecule has 9 heteroatoms. The van der Waals surface area contributed by atoms with Crippen molar-refractivity contribution in [3.63, 3.8) is 0 Å². The van der Waals surface area contributed by atoms with Gasteiger partial charge in [0.15, 0.2) is 12.2 Å². The minimum Gasteiger partial charge on any atom is -0.508 e. The molecule has 2 rings (SSSR count). The van der Waals surface area contributed by atoms with Crippen molar-refractivity contribution in [2.45, 2.75) is 84.3 Å². The van der Waals surface area contributed by atoms with Crippen molar-refractivity contribution in [2.75, 3.05) is 6.54 Å². The smallest absolute Gasteiger partial charge is 0.508 e. The van der Waals surface area contributed by atoms with Crippen molar-refractivity contribution in [1.29, 1.82) is 0 Å². The number of benzene rings is 1. The number of likely N-dealkylation sites (tertiary alicyclic amines) is 1. The van der Waals surface area contributed by atoms with Gasteiger partial charge in [-0.15, -0.1) is 0 Å². The Morgan fingerprint density at radius 3 is 2.03 bits per heavy atom. The summed E-state index contributed by atoms with van der Waals surface area (Å²) in [6.45, 7) is 11.6. The summed E-state index contributed by atoms with van der Waals surface area (Å²) < 4.78 is 21.7. The molecule has 1 aromatic carbocycles. The van der Waals surface area contributed by atoms with Crippen LogP contribution in [-0.2, 0) is 30.2 Å². The molecule has 0 spiro atoms. The lowest BCUT2D eigenvalue weighted by atomic mass is 10.0. The number of carbonyl (C=O) groups is 3. The molecule has 1 N–H and O–H groups in total. The Kier molecular flexibility index (Phi) is 7.64. The van der Waals surface area contributed by atoms with Gasteiger partial charge in [-0.05, 0) is 65.7 Å². The quantitative estimate of drug-likeness (QED) is 0.543. The molecular formula is C23H33NO8. The van der Waals surface area contributed by atoms with Gasteiger partial charge in [-0.1, -0.05) is 12.1 Å². The van der Waals surface area contributed by atoms with Gasteiger partial charge in [-0.2, -0.15) is 0 Å². The summed E-state index contributed by atoms with van der Waals surface area (Å²) in [7, 11) is 0. The fourth-order valence-corrected chi connectivity index (χ4v) is 3.34. The van der Waals surface area contributed by atoms with Crippen LogP contribution >= 0.6 is 0 Å². The molecule has 0 saturated carbocycles. The van der Waals surface area contributed by atoms with Crippen LogP contribution in [0.15, 0.2) is 24.3 Å². The number of phenols is 1. The normalized spacial score (nSPS) is 21.1. The monoisotopic (exact) mass is 451 g/mol. The first kappa shape index (κ1) is 25.3. The summed E-state index contributed by atoms with van der Waals surface area (Å²) in [5.74, 6) is -0.471. The molecule has 178 valence electrons. The summed E-state index contributed by atoms with van der Waals surface area (Å²) in [6, 6.07) is 5.80. The third kappa shape index (κ3) is 7.62. The second-order valence-corrected chi connectivity index (χ2v) is 9.77. The molecule has 32 heavy (non-hydrogen) atoms. The van der Waals surface area contributed by atoms with Gasteiger partial charge in [0, 0.05) is 6.92 Å². The van der Waals surface area contributed by atoms with Crippen LogP contribution in [0.2, 0.25) is 0 Å². The molecule has 1 fully saturated rings. The largest absolute Gasteiger partial charge is 0.509 e. The van der Waals surface area contributed by atoms with Crippen molar-refractivity contribution in [3.05, 3.63) is 29.8 Å². The molecule has 0 unspecified atom stereocenters. The molecule has 1 aromatic rings. The molecule has 1 amide bonds. The number of amides is 1. The van der Waals surface area contributed by atoms with Gasteiger partial charge in [0.1, 0.15) is 17.0 Å². The molecule has 1 heterocycles. The Hall–Kier alpha value is -2.97. The SMILES string of the molecule is CC(=O)O[C@@H]1[C@@H](OC(=O)OC(C)(C)C)CN(C(=O)OC(C)(C)C)[C@@H]1Cc1ccc(O)cc1. The van der Waals surface area contributed by atoms with Gasteiger partial charge < -0.3 is 24.1 Å². The van der Waals surface area contributed by atoms with Crippen molar-refractivity contribution in [2.24, 2.45) is 0 Å². The number of hydrogen-bond donors (Lipinski definition) is 1. The Morgan fingerprint density at radius 1 is 0.969 bits per heavy atom. The van der Waals surface area contributed by atoms with Crippen LogP contribution in [0, 0.1) is 0 Å². The first-order valence-electron chi connectivity index (χ1n) is 10.5. The van der Waals surface area contributed by atoms with E-state index in [1.165, 1.54) is 24.0 Å². The molecule has 3 atom stereocenters. The predicted molar refractivity (Wildman–Crippen MR) is 115 cm³/mol. The zero-order chi connectivity index (χ0) is 24.3. The Morgan fingerprint density at radius 2 is 1.53 bits per heavy atom. The fraction of sp³-hybridized carbons (Fsp3) is 0.609. The molecular weight excluding hydrogens is 418 g/mol. The summed E-state index contributed by atoms with van der Waals surface area (Å²) >= 11 is 0. The van der Waals surface area contributed by atoms with E-state index in [0.29, 0.717) is 0 Å². The maximum absolute atomic E-state index is 13.0. The first-order valence-corrected chi connectivity index (χ1v) is 10.5. The maximum Gasteiger partial charge on any atom is 0.509 e. The molecule has 9 nitrogen and oxygen atoms in total. The lowest BCUT2D eigenvalue weighted by Gasteiger charge is -2.30. The van der Waals surface area contributed by atoms with Crippen LogP contribution in [0.4, 0.5) is 9.59 Å². The summed E-state index contributed by atoms with van der Waals surface area (Å²) in [6.07, 6.45) is -3.13. The highest BCUT2D eigenvalue weighted by Gasteiger charge is 2.49. The molecule has 0 aromatic heterocycles. The van der Waals surface area contributed by atoms with Gasteiger partial charge in [0.2, 0.25) is 0 Å². The van der Waals surface area contributed by atoms with E-state index in [1.807, 2.05) is 0 Å². The van der Waals surface area contributed by atoms with E-state index < -0.39 is 47.7 Å². The van der Waals surface area contributed by atoms with Gasteiger partial charge in [0.25, 0.3) is 0 Å². The van der Waals surface area contributed by atoms with E-state index in [2.05, 4.69) is 0 Å². The highest BCUT2D eigenvalue weighted by atomic mass is 16.7. The van der Waals surface area contributed by atoms with Gasteiger partial charge in [-0.3, -0.25) is 9.69 Å². The van der Waals surface area contributed by atoms with E-state index in [0.717, 1.165) is 5.56 Å². The maximum atomic E-state index is 13.0. The number of aromatic hydroxyl groups is 1. The Labute approximate surface area is 188 Å². The summed E-state index contributed by atoms with van der Waals surface area (Å²) in [5, 5.41) is 9.57. The molecule has 0 aliphatic carbocycles. The zero-order valence-corrected chi connectivity index (χ0v) is 19.7. The topological polar surface area (TPSA) is 112 Å². The van der Waals surface area contributed by atoms with E-state index in [4.69, 9.17) is 18.9 Å². The van der Waals surface area contributed by atoms with Crippen LogP contribution in [0.25, 0.3) is 0 Å². The lowest BCUT2D eigenvalue weighted by molar-refractivity contribution is -0.153. The lowest BCUT2D eigenvalue weighted by Crippen LogP contribution is -2.45. The van der Waals surface area contributed by atoms with Crippen molar-refractivity contribution >= 4 is 18.2 Å². The van der Waals surface area contributed by atoms with Gasteiger partial charge in [-0.25, -0.2) is 9.59 Å². The van der Waals surface area contributed by atoms with E-state index in [-0.39, 0.29) is 18.7 Å². The highest BCUT2D eigenvalue weighted by molar-refractivity contribution is 5.71. The van der Waals surface area contributed by atoms with Gasteiger partial charge in [0.05, 0.1) is 12.6 Å². The summed E-state index contributed by atoms with van der Waals surface area (Å²) in [5.41, 5.74) is -0.735. The molecule has 0 bridgehead atoms. The second-order valence-electron chi connectivity index (χ2n) is 9.77. The molecule has 1 aliphatic rings. The van der Waals surface area contributed by atoms with E-state index in [9.17, 15) is 19.5 Å². The first-order chi connectivity index (χ1) is 14.6. The van der Waals surface area contributed by atoms with E-state index >= 15 is 0 Å². The molecule has 1 aliphatic heterocycles. The van der Waals surface area contributed by atoms with Crippen LogP contribution in [0.3, 0.4) is 0 Å². The average Bonchev–Trinajstić information content (AvgIpc) is 2.91. The minimum atomic E-state index is -0.941. The minimum absolute atomic E-state index is 0.0329. The zero-order valence-electron chi connectivity index (χ0n) is 19.7. The number of nitrogens with zero attached hydrogens (tertiary/aromatic N) is 1. The van der Waals surface area contributed by atoms with Crippen LogP contribution < -0.4 is 0 Å². The van der Waals surface area contributed by atoms with Crippen molar-refractivity contribution in [3.8, 4) is 5.75 Å². The van der Waals surface area contributed by atoms with E-state index in [1.54, 1.807) is 53.7 Å². The number of hydrogen-bond acceptors (Lipinski definition) is 8. The highest BCUT2D eigenvalue weighted by Crippen LogP contribution is 2.30. The second kappa shape index (κ2) is 9.67. The fourth-order valence-electron chi connectivity index (χ4n) is 3.34. The van der Waals surface area contributed by atoms with Crippen LogP contribution in [-0.4, -0.2) is 64.2 Å². The Bertz CT molecular complexity index is 822. The average molecular weight is 452 g/mol. The summed E-state index contributed by atoms with van der Waals surface area (Å²) in [4.78, 5) is 38.5. The number of phenolic OH excluding ortho intramolecular Hbond substituents is 1. The molecule has 0 radical (unpaired) electrons. The molecule has 1 saturated heterocycles. The predicted octanol–water partition coefficient (Wildman–Crippen LogP) is 3.81. The van der Waals surface area contributed by atoms with Crippen molar-refractivity contribution in [1.82, 2.24) is 4.90 Å². The van der Waals surface area contributed by atoms with Crippen LogP contribution in [0.1, 0.15) is 54.0 Å². The third-order valence-electron chi connectivity index (χ3n) is 4.47. The van der Waals surface area contributed by atoms with Crippen molar-refractivity contribution < 1.29 is 38.4 Å². The standard InChI is InChI=1S/C23H33NO8/c1-14(25)29-19-17(12-15-8-10-16(26)11-9-15)24(20(27)31-22(2,3)4)13-18(19)30-21(28)32-23(5,6)7/h8-11,17-19,26H,12-13H2,1-7H3/t17-,18+,19+/m1/s1. The number of rotatable bonds is 4.